The molecule has 2 N–H and O–H groups in total. The van der Waals surface area contributed by atoms with E-state index in [9.17, 15) is 9.18 Å². The SMILES string of the molecule is Cc1ccc(-c2ccc(C(=O)NCc3cn[nH]n3)c(F)c2)cc1. The summed E-state index contributed by atoms with van der Waals surface area (Å²) in [7, 11) is 0. The molecule has 2 aromatic carbocycles. The van der Waals surface area contributed by atoms with Gasteiger partial charge in [0.2, 0.25) is 0 Å². The molecular formula is C17H15FN4O. The van der Waals surface area contributed by atoms with E-state index < -0.39 is 11.7 Å². The lowest BCUT2D eigenvalue weighted by atomic mass is 10.0. The van der Waals surface area contributed by atoms with Crippen molar-refractivity contribution in [1.29, 1.82) is 0 Å². The molecule has 1 amide bonds. The van der Waals surface area contributed by atoms with Gasteiger partial charge < -0.3 is 5.32 Å². The quantitative estimate of drug-likeness (QED) is 0.778. The summed E-state index contributed by atoms with van der Waals surface area (Å²) in [6.45, 7) is 2.18. The van der Waals surface area contributed by atoms with Crippen LogP contribution in [0.2, 0.25) is 0 Å². The predicted molar refractivity (Wildman–Crippen MR) is 84.1 cm³/mol. The number of hydrogen-bond acceptors (Lipinski definition) is 3. The highest BCUT2D eigenvalue weighted by Crippen LogP contribution is 2.22. The van der Waals surface area contributed by atoms with E-state index in [-0.39, 0.29) is 12.1 Å². The van der Waals surface area contributed by atoms with E-state index in [4.69, 9.17) is 0 Å². The molecule has 6 heteroatoms. The van der Waals surface area contributed by atoms with Crippen molar-refractivity contribution >= 4 is 5.91 Å². The fourth-order valence-corrected chi connectivity index (χ4v) is 2.20. The summed E-state index contributed by atoms with van der Waals surface area (Å²) in [5.74, 6) is -1.04. The molecule has 0 unspecified atom stereocenters. The van der Waals surface area contributed by atoms with Gasteiger partial charge in [0.05, 0.1) is 18.3 Å². The zero-order valence-electron chi connectivity index (χ0n) is 12.5. The van der Waals surface area contributed by atoms with Crippen molar-refractivity contribution in [2.24, 2.45) is 0 Å². The van der Waals surface area contributed by atoms with Gasteiger partial charge in [0.25, 0.3) is 5.91 Å². The van der Waals surface area contributed by atoms with Gasteiger partial charge in [-0.1, -0.05) is 35.9 Å². The van der Waals surface area contributed by atoms with Gasteiger partial charge in [0.1, 0.15) is 11.5 Å². The number of rotatable bonds is 4. The van der Waals surface area contributed by atoms with E-state index in [1.54, 1.807) is 6.07 Å². The molecule has 0 aliphatic heterocycles. The van der Waals surface area contributed by atoms with Crippen molar-refractivity contribution in [3.8, 4) is 11.1 Å². The van der Waals surface area contributed by atoms with Crippen LogP contribution in [0.1, 0.15) is 21.6 Å². The van der Waals surface area contributed by atoms with Crippen molar-refractivity contribution in [1.82, 2.24) is 20.7 Å². The van der Waals surface area contributed by atoms with E-state index >= 15 is 0 Å². The topological polar surface area (TPSA) is 70.7 Å². The number of nitrogens with zero attached hydrogens (tertiary/aromatic N) is 2. The zero-order chi connectivity index (χ0) is 16.2. The van der Waals surface area contributed by atoms with Crippen LogP contribution in [-0.2, 0) is 6.54 Å². The molecule has 1 heterocycles. The molecule has 116 valence electrons. The van der Waals surface area contributed by atoms with Gasteiger partial charge in [-0.25, -0.2) is 4.39 Å². The number of hydrogen-bond donors (Lipinski definition) is 2. The van der Waals surface area contributed by atoms with Gasteiger partial charge in [0.15, 0.2) is 0 Å². The minimum Gasteiger partial charge on any atom is -0.346 e. The molecule has 0 saturated carbocycles. The number of aromatic nitrogens is 3. The number of carbonyl (C=O) groups is 1. The number of H-pyrrole nitrogens is 1. The first-order valence-corrected chi connectivity index (χ1v) is 7.13. The molecule has 0 bridgehead atoms. The lowest BCUT2D eigenvalue weighted by Crippen LogP contribution is -2.24. The third-order valence-electron chi connectivity index (χ3n) is 3.49. The van der Waals surface area contributed by atoms with Crippen molar-refractivity contribution in [3.63, 3.8) is 0 Å². The van der Waals surface area contributed by atoms with Gasteiger partial charge in [-0.2, -0.15) is 15.4 Å². The monoisotopic (exact) mass is 310 g/mol. The Morgan fingerprint density at radius 3 is 2.57 bits per heavy atom. The van der Waals surface area contributed by atoms with E-state index in [2.05, 4.69) is 20.7 Å². The highest BCUT2D eigenvalue weighted by molar-refractivity contribution is 5.94. The summed E-state index contributed by atoms with van der Waals surface area (Å²) < 4.78 is 14.2. The summed E-state index contributed by atoms with van der Waals surface area (Å²) in [5, 5.41) is 12.5. The fourth-order valence-electron chi connectivity index (χ4n) is 2.20. The Morgan fingerprint density at radius 2 is 1.91 bits per heavy atom. The van der Waals surface area contributed by atoms with Crippen LogP contribution in [0.3, 0.4) is 0 Å². The van der Waals surface area contributed by atoms with Gasteiger partial charge in [-0.3, -0.25) is 4.79 Å². The van der Waals surface area contributed by atoms with Crippen molar-refractivity contribution < 1.29 is 9.18 Å². The molecule has 0 fully saturated rings. The number of carbonyl (C=O) groups excluding carboxylic acids is 1. The van der Waals surface area contributed by atoms with Crippen LogP contribution in [0.5, 0.6) is 0 Å². The second-order valence-electron chi connectivity index (χ2n) is 5.20. The molecule has 0 aliphatic rings. The van der Waals surface area contributed by atoms with Crippen LogP contribution >= 0.6 is 0 Å². The zero-order valence-corrected chi connectivity index (χ0v) is 12.5. The molecule has 23 heavy (non-hydrogen) atoms. The molecule has 3 rings (SSSR count). The molecule has 5 nitrogen and oxygen atoms in total. The van der Waals surface area contributed by atoms with Crippen LogP contribution in [0.15, 0.2) is 48.7 Å². The Hall–Kier alpha value is -3.02. The molecule has 0 saturated heterocycles. The van der Waals surface area contributed by atoms with Gasteiger partial charge in [0, 0.05) is 0 Å². The number of aromatic amines is 1. The molecule has 0 radical (unpaired) electrons. The Balaban J connectivity index is 1.76. The Kier molecular flexibility index (Phi) is 4.14. The fraction of sp³-hybridized carbons (Fsp3) is 0.118. The largest absolute Gasteiger partial charge is 0.346 e. The Labute approximate surface area is 132 Å². The first-order chi connectivity index (χ1) is 11.1. The second-order valence-corrected chi connectivity index (χ2v) is 5.20. The Bertz CT molecular complexity index is 813. The summed E-state index contributed by atoms with van der Waals surface area (Å²) in [6, 6.07) is 12.4. The standard InChI is InChI=1S/C17H15FN4O/c1-11-2-4-12(5-3-11)13-6-7-15(16(18)8-13)17(23)19-9-14-10-20-22-21-14/h2-8,10H,9H2,1H3,(H,19,23)(H,20,21,22). The third kappa shape index (κ3) is 3.42. The van der Waals surface area contributed by atoms with Gasteiger partial charge >= 0.3 is 0 Å². The lowest BCUT2D eigenvalue weighted by Gasteiger charge is -2.07. The van der Waals surface area contributed by atoms with Crippen molar-refractivity contribution in [2.75, 3.05) is 0 Å². The molecule has 1 aromatic heterocycles. The maximum absolute atomic E-state index is 14.2. The average Bonchev–Trinajstić information content (AvgIpc) is 3.06. The lowest BCUT2D eigenvalue weighted by molar-refractivity contribution is 0.0946. The summed E-state index contributed by atoms with van der Waals surface area (Å²) in [5.41, 5.74) is 3.36. The van der Waals surface area contributed by atoms with Crippen LogP contribution in [-0.4, -0.2) is 21.3 Å². The van der Waals surface area contributed by atoms with E-state index in [1.807, 2.05) is 31.2 Å². The van der Waals surface area contributed by atoms with Gasteiger partial charge in [-0.05, 0) is 30.2 Å². The van der Waals surface area contributed by atoms with E-state index in [0.29, 0.717) is 5.69 Å². The highest BCUT2D eigenvalue weighted by atomic mass is 19.1. The van der Waals surface area contributed by atoms with Crippen LogP contribution < -0.4 is 5.32 Å². The number of aryl methyl sites for hydroxylation is 1. The molecule has 0 aliphatic carbocycles. The molecule has 3 aromatic rings. The minimum atomic E-state index is -0.555. The average molecular weight is 310 g/mol. The summed E-state index contributed by atoms with van der Waals surface area (Å²) in [6.07, 6.45) is 1.50. The third-order valence-corrected chi connectivity index (χ3v) is 3.49. The van der Waals surface area contributed by atoms with Crippen molar-refractivity contribution in [3.05, 3.63) is 71.3 Å². The predicted octanol–water partition coefficient (Wildman–Crippen LogP) is 2.85. The smallest absolute Gasteiger partial charge is 0.254 e. The first-order valence-electron chi connectivity index (χ1n) is 7.13. The van der Waals surface area contributed by atoms with Crippen molar-refractivity contribution in [2.45, 2.75) is 13.5 Å². The van der Waals surface area contributed by atoms with Crippen LogP contribution in [0.4, 0.5) is 4.39 Å². The number of halogens is 1. The Morgan fingerprint density at radius 1 is 1.17 bits per heavy atom. The van der Waals surface area contributed by atoms with Crippen LogP contribution in [0.25, 0.3) is 11.1 Å². The second kappa shape index (κ2) is 6.39. The summed E-state index contributed by atoms with van der Waals surface area (Å²) >= 11 is 0. The maximum Gasteiger partial charge on any atom is 0.254 e. The summed E-state index contributed by atoms with van der Waals surface area (Å²) in [4.78, 5) is 12.0. The molecular weight excluding hydrogens is 295 g/mol. The number of nitrogens with one attached hydrogen (secondary N) is 2. The molecule has 0 atom stereocenters. The number of amides is 1. The van der Waals surface area contributed by atoms with Gasteiger partial charge in [-0.15, -0.1) is 0 Å². The van der Waals surface area contributed by atoms with Crippen LogP contribution in [0, 0.1) is 12.7 Å². The number of benzene rings is 2. The highest BCUT2D eigenvalue weighted by Gasteiger charge is 2.13. The maximum atomic E-state index is 14.2. The first kappa shape index (κ1) is 14.9. The molecule has 0 spiro atoms. The normalized spacial score (nSPS) is 10.5. The minimum absolute atomic E-state index is 0.00403. The van der Waals surface area contributed by atoms with E-state index in [0.717, 1.165) is 16.7 Å². The van der Waals surface area contributed by atoms with E-state index in [1.165, 1.54) is 18.3 Å².